The van der Waals surface area contributed by atoms with Crippen LogP contribution in [0.1, 0.15) is 30.4 Å². The van der Waals surface area contributed by atoms with E-state index in [0.717, 1.165) is 36.0 Å². The molecule has 2 unspecified atom stereocenters. The van der Waals surface area contributed by atoms with Gasteiger partial charge in [0.2, 0.25) is 5.95 Å². The van der Waals surface area contributed by atoms with E-state index < -0.39 is 0 Å². The summed E-state index contributed by atoms with van der Waals surface area (Å²) in [6.07, 6.45) is 2.82. The lowest BCUT2D eigenvalue weighted by Gasteiger charge is -2.15. The van der Waals surface area contributed by atoms with Gasteiger partial charge in [-0.25, -0.2) is 0 Å². The normalized spacial score (nSPS) is 17.9. The molecule has 0 aliphatic heterocycles. The topological polar surface area (TPSA) is 84.1 Å². The Labute approximate surface area is 181 Å². The largest absolute Gasteiger partial charge is 0.396 e. The minimum Gasteiger partial charge on any atom is -0.396 e. The van der Waals surface area contributed by atoms with Crippen molar-refractivity contribution in [3.63, 3.8) is 0 Å². The third-order valence-corrected chi connectivity index (χ3v) is 5.62. The zero-order chi connectivity index (χ0) is 20.9. The van der Waals surface area contributed by atoms with Crippen molar-refractivity contribution in [2.24, 2.45) is 5.92 Å². The van der Waals surface area contributed by atoms with Crippen LogP contribution in [0.4, 0.5) is 11.8 Å². The number of hydrogen-bond donors (Lipinski definition) is 3. The summed E-state index contributed by atoms with van der Waals surface area (Å²) in [7, 11) is 0. The number of hydrogen-bond acceptors (Lipinski definition) is 5. The van der Waals surface area contributed by atoms with Crippen LogP contribution in [0.5, 0.6) is 0 Å². The Kier molecular flexibility index (Phi) is 6.18. The predicted molar refractivity (Wildman–Crippen MR) is 121 cm³/mol. The maximum absolute atomic E-state index is 9.38. The molecule has 1 aromatic heterocycles. The minimum atomic E-state index is 0.108. The molecule has 1 heterocycles. The van der Waals surface area contributed by atoms with E-state index in [9.17, 15) is 5.11 Å². The molecule has 1 fully saturated rings. The van der Waals surface area contributed by atoms with Crippen LogP contribution in [0.25, 0.3) is 11.1 Å². The van der Waals surface area contributed by atoms with Gasteiger partial charge in [0.15, 0.2) is 5.15 Å². The van der Waals surface area contributed by atoms with Crippen LogP contribution in [0.15, 0.2) is 54.6 Å². The van der Waals surface area contributed by atoms with Gasteiger partial charge in [-0.1, -0.05) is 65.9 Å². The van der Waals surface area contributed by atoms with Crippen molar-refractivity contribution in [3.05, 3.63) is 70.9 Å². The fraction of sp³-hybridized carbons (Fsp3) is 0.250. The Morgan fingerprint density at radius 3 is 2.43 bits per heavy atom. The van der Waals surface area contributed by atoms with Crippen LogP contribution in [0, 0.1) is 17.8 Å². The maximum Gasteiger partial charge on any atom is 0.223 e. The number of aromatic nitrogens is 2. The van der Waals surface area contributed by atoms with Crippen molar-refractivity contribution >= 4 is 23.4 Å². The average Bonchev–Trinajstić information content (AvgIpc) is 3.22. The zero-order valence-corrected chi connectivity index (χ0v) is 17.2. The number of halogens is 1. The first kappa shape index (κ1) is 20.2. The minimum absolute atomic E-state index is 0.108. The Morgan fingerprint density at radius 2 is 1.73 bits per heavy atom. The van der Waals surface area contributed by atoms with Crippen LogP contribution in [0.3, 0.4) is 0 Å². The van der Waals surface area contributed by atoms with Gasteiger partial charge in [-0.05, 0) is 48.4 Å². The molecule has 0 amide bonds. The molecule has 2 aromatic carbocycles. The summed E-state index contributed by atoms with van der Waals surface area (Å²) in [4.78, 5) is 8.38. The summed E-state index contributed by atoms with van der Waals surface area (Å²) >= 11 is 6.33. The molecule has 2 atom stereocenters. The first-order valence-electron chi connectivity index (χ1n) is 10.0. The lowest BCUT2D eigenvalue weighted by Crippen LogP contribution is -2.19. The molecule has 0 bridgehead atoms. The predicted octanol–water partition coefficient (Wildman–Crippen LogP) is 4.35. The molecule has 0 saturated heterocycles. The second-order valence-corrected chi connectivity index (χ2v) is 7.85. The second kappa shape index (κ2) is 9.17. The van der Waals surface area contributed by atoms with E-state index in [1.807, 2.05) is 42.5 Å². The van der Waals surface area contributed by atoms with Crippen LogP contribution < -0.4 is 11.1 Å². The average molecular weight is 419 g/mol. The highest BCUT2D eigenvalue weighted by molar-refractivity contribution is 6.31. The van der Waals surface area contributed by atoms with E-state index in [1.165, 1.54) is 0 Å². The van der Waals surface area contributed by atoms with Crippen molar-refractivity contribution in [2.75, 3.05) is 17.7 Å². The van der Waals surface area contributed by atoms with Gasteiger partial charge < -0.3 is 16.2 Å². The molecule has 6 heteroatoms. The van der Waals surface area contributed by atoms with Gasteiger partial charge >= 0.3 is 0 Å². The van der Waals surface area contributed by atoms with Gasteiger partial charge in [0, 0.05) is 18.2 Å². The first-order valence-corrected chi connectivity index (χ1v) is 10.4. The second-order valence-electron chi connectivity index (χ2n) is 7.49. The van der Waals surface area contributed by atoms with E-state index in [4.69, 9.17) is 17.3 Å². The molecule has 1 saturated carbocycles. The molecular weight excluding hydrogens is 396 g/mol. The summed E-state index contributed by atoms with van der Waals surface area (Å²) in [6.45, 7) is 0.205. The third-order valence-electron chi connectivity index (χ3n) is 5.35. The molecule has 0 radical (unpaired) electrons. The summed E-state index contributed by atoms with van der Waals surface area (Å²) in [5.74, 6) is 7.23. The number of aliphatic hydroxyl groups excluding tert-OH is 1. The summed E-state index contributed by atoms with van der Waals surface area (Å²) in [5.41, 5.74) is 9.50. The Balaban J connectivity index is 1.57. The number of anilines is 2. The first-order chi connectivity index (χ1) is 14.6. The van der Waals surface area contributed by atoms with Crippen LogP contribution in [-0.4, -0.2) is 27.7 Å². The molecule has 3 aromatic rings. The number of aliphatic hydroxyl groups is 1. The van der Waals surface area contributed by atoms with Crippen molar-refractivity contribution in [1.29, 1.82) is 0 Å². The molecule has 4 rings (SSSR count). The van der Waals surface area contributed by atoms with E-state index >= 15 is 0 Å². The summed E-state index contributed by atoms with van der Waals surface area (Å²) in [6, 6.07) is 18.5. The molecule has 152 valence electrons. The number of nitrogens with two attached hydrogens (primary N) is 1. The van der Waals surface area contributed by atoms with Gasteiger partial charge in [-0.3, -0.25) is 0 Å². The van der Waals surface area contributed by atoms with E-state index in [-0.39, 0.29) is 23.8 Å². The van der Waals surface area contributed by atoms with Gasteiger partial charge in [0.25, 0.3) is 0 Å². The van der Waals surface area contributed by atoms with Gasteiger partial charge in [0.1, 0.15) is 11.4 Å². The number of benzene rings is 2. The van der Waals surface area contributed by atoms with Crippen molar-refractivity contribution < 1.29 is 5.11 Å². The van der Waals surface area contributed by atoms with E-state index in [2.05, 4.69) is 39.3 Å². The fourth-order valence-electron chi connectivity index (χ4n) is 3.74. The smallest absolute Gasteiger partial charge is 0.223 e. The van der Waals surface area contributed by atoms with Crippen LogP contribution in [-0.2, 0) is 0 Å². The highest BCUT2D eigenvalue weighted by Crippen LogP contribution is 2.30. The zero-order valence-electron chi connectivity index (χ0n) is 16.5. The molecule has 0 spiro atoms. The highest BCUT2D eigenvalue weighted by Gasteiger charge is 2.25. The number of nitrogen functional groups attached to an aromatic ring is 1. The molecule has 1 aliphatic carbocycles. The molecule has 5 nitrogen and oxygen atoms in total. The standard InChI is InChI=1S/C24H23ClN4O/c25-22-21(23(29-24(26)28-22)27-20-12-8-17(14-20)15-30)13-9-16-6-10-19(11-7-16)18-4-2-1-3-5-18/h1-7,10-11,17,20,30H,8,12,14-15H2,(H3,26,27,28,29). The Morgan fingerprint density at radius 1 is 1.00 bits per heavy atom. The van der Waals surface area contributed by atoms with Crippen LogP contribution in [0.2, 0.25) is 5.15 Å². The van der Waals surface area contributed by atoms with E-state index in [1.54, 1.807) is 0 Å². The van der Waals surface area contributed by atoms with Gasteiger partial charge in [0.05, 0.1) is 0 Å². The maximum atomic E-state index is 9.38. The van der Waals surface area contributed by atoms with E-state index in [0.29, 0.717) is 17.3 Å². The number of nitrogens with one attached hydrogen (secondary N) is 1. The lowest BCUT2D eigenvalue weighted by atomic mass is 10.0. The molecule has 1 aliphatic rings. The summed E-state index contributed by atoms with van der Waals surface area (Å²) in [5, 5.41) is 13.0. The van der Waals surface area contributed by atoms with Crippen molar-refractivity contribution in [2.45, 2.75) is 25.3 Å². The fourth-order valence-corrected chi connectivity index (χ4v) is 3.96. The number of rotatable bonds is 4. The Bertz CT molecular complexity index is 1070. The Hall–Kier alpha value is -3.07. The SMILES string of the molecule is Nc1nc(Cl)c(C#Cc2ccc(-c3ccccc3)cc2)c(NC2CCC(CO)C2)n1. The highest BCUT2D eigenvalue weighted by atomic mass is 35.5. The molecule has 4 N–H and O–H groups in total. The molecule has 30 heavy (non-hydrogen) atoms. The summed E-state index contributed by atoms with van der Waals surface area (Å²) < 4.78 is 0. The molecular formula is C24H23ClN4O. The third kappa shape index (κ3) is 4.73. The van der Waals surface area contributed by atoms with Gasteiger partial charge in [-0.2, -0.15) is 9.97 Å². The van der Waals surface area contributed by atoms with Gasteiger partial charge in [-0.15, -0.1) is 0 Å². The van der Waals surface area contributed by atoms with Crippen LogP contribution >= 0.6 is 11.6 Å². The lowest BCUT2D eigenvalue weighted by molar-refractivity contribution is 0.229. The van der Waals surface area contributed by atoms with Crippen molar-refractivity contribution in [1.82, 2.24) is 9.97 Å². The quantitative estimate of drug-likeness (QED) is 0.433. The van der Waals surface area contributed by atoms with Crippen molar-refractivity contribution in [3.8, 4) is 23.0 Å². The number of nitrogens with zero attached hydrogens (tertiary/aromatic N) is 2. The monoisotopic (exact) mass is 418 g/mol.